The minimum Gasteiger partial charge on any atom is -0.450 e. The number of thiazole rings is 1. The molecule has 2 N–H and O–H groups in total. The van der Waals surface area contributed by atoms with Gasteiger partial charge in [-0.2, -0.15) is 0 Å². The van der Waals surface area contributed by atoms with Crippen LogP contribution in [-0.4, -0.2) is 45.1 Å². The van der Waals surface area contributed by atoms with Crippen molar-refractivity contribution in [3.05, 3.63) is 82.9 Å². The average molecular weight is 535 g/mol. The number of carbonyl (C=O) groups excluding carboxylic acids is 4. The summed E-state index contributed by atoms with van der Waals surface area (Å²) in [5.41, 5.74) is 5.37. The van der Waals surface area contributed by atoms with E-state index in [1.54, 1.807) is 0 Å². The van der Waals surface area contributed by atoms with Crippen LogP contribution in [0.25, 0.3) is 0 Å². The van der Waals surface area contributed by atoms with E-state index in [2.05, 4.69) is 10.1 Å². The van der Waals surface area contributed by atoms with Gasteiger partial charge < -0.3 is 20.1 Å². The lowest BCUT2D eigenvalue weighted by atomic mass is 10.0. The fourth-order valence-corrected chi connectivity index (χ4v) is 4.29. The van der Waals surface area contributed by atoms with Gasteiger partial charge in [-0.25, -0.2) is 14.6 Å². The van der Waals surface area contributed by atoms with E-state index >= 15 is 0 Å². The maximum atomic E-state index is 13.3. The van der Waals surface area contributed by atoms with Crippen molar-refractivity contribution >= 4 is 45.9 Å². The summed E-state index contributed by atoms with van der Waals surface area (Å²) in [5.74, 6) is -3.13. The number of nitrogens with two attached hydrogens (primary N) is 1. The van der Waals surface area contributed by atoms with Gasteiger partial charge in [0, 0.05) is 31.1 Å². The zero-order chi connectivity index (χ0) is 26.7. The van der Waals surface area contributed by atoms with E-state index < -0.39 is 41.2 Å². The predicted molar refractivity (Wildman–Crippen MR) is 134 cm³/mol. The van der Waals surface area contributed by atoms with Gasteiger partial charge in [0.15, 0.2) is 11.2 Å². The lowest BCUT2D eigenvalue weighted by molar-refractivity contribution is -0.192. The first-order valence-corrected chi connectivity index (χ1v) is 12.6. The van der Waals surface area contributed by atoms with E-state index in [-0.39, 0.29) is 23.7 Å². The van der Waals surface area contributed by atoms with Gasteiger partial charge in [0.1, 0.15) is 5.69 Å². The number of imide groups is 1. The first-order valence-electron chi connectivity index (χ1n) is 11.7. The maximum Gasteiger partial charge on any atom is 0.387 e. The molecule has 38 heavy (non-hydrogen) atoms. The Bertz CT molecular complexity index is 1350. The molecule has 2 aliphatic rings. The second-order valence-corrected chi connectivity index (χ2v) is 9.55. The Morgan fingerprint density at radius 3 is 2.05 bits per heavy atom. The number of carbonyl (C=O) groups is 4. The molecule has 0 bridgehead atoms. The number of hydroxylamine groups is 2. The molecule has 11 nitrogen and oxygen atoms in total. The molecule has 2 aromatic carbocycles. The van der Waals surface area contributed by atoms with Gasteiger partial charge in [-0.3, -0.25) is 9.59 Å². The summed E-state index contributed by atoms with van der Waals surface area (Å²) >= 11 is 1.04. The SMILES string of the molecule is Nc1nc(/C(=N/OC2(C(=O)OC(c3ccccc3)c3ccccc3)CC2)C(=O)ON2C(=O)CCC2=O)cs1. The van der Waals surface area contributed by atoms with E-state index in [4.69, 9.17) is 20.1 Å². The summed E-state index contributed by atoms with van der Waals surface area (Å²) in [6.45, 7) is 0. The standard InChI is InChI=1S/C26H22N4O7S/c27-25-28-18(15-38-25)21(23(33)36-30-19(31)11-12-20(30)32)29-37-26(13-14-26)24(34)35-22(16-7-3-1-4-8-16)17-9-5-2-6-10-17/h1-10,15,22H,11-14H2,(H2,27,28)/b29-21-. The van der Waals surface area contributed by atoms with Crippen molar-refractivity contribution in [3.63, 3.8) is 0 Å². The van der Waals surface area contributed by atoms with Gasteiger partial charge >= 0.3 is 11.9 Å². The number of ether oxygens (including phenoxy) is 1. The highest BCUT2D eigenvalue weighted by molar-refractivity contribution is 7.13. The third-order valence-corrected chi connectivity index (χ3v) is 6.63. The first kappa shape index (κ1) is 25.1. The van der Waals surface area contributed by atoms with Gasteiger partial charge in [-0.1, -0.05) is 65.8 Å². The summed E-state index contributed by atoms with van der Waals surface area (Å²) < 4.78 is 5.91. The number of rotatable bonds is 9. The second kappa shape index (κ2) is 10.4. The van der Waals surface area contributed by atoms with Gasteiger partial charge in [-0.15, -0.1) is 16.4 Å². The van der Waals surface area contributed by atoms with Crippen LogP contribution >= 0.6 is 11.3 Å². The predicted octanol–water partition coefficient (Wildman–Crippen LogP) is 2.92. The van der Waals surface area contributed by atoms with Gasteiger partial charge in [0.05, 0.1) is 0 Å². The molecule has 1 saturated carbocycles. The van der Waals surface area contributed by atoms with Crippen molar-refractivity contribution in [2.24, 2.45) is 5.16 Å². The van der Waals surface area contributed by atoms with Crippen molar-refractivity contribution < 1.29 is 33.6 Å². The number of nitrogens with zero attached hydrogens (tertiary/aromatic N) is 3. The number of aromatic nitrogens is 1. The lowest BCUT2D eigenvalue weighted by Crippen LogP contribution is -2.36. The van der Waals surface area contributed by atoms with Crippen LogP contribution in [-0.2, 0) is 33.6 Å². The molecule has 1 aromatic heterocycles. The van der Waals surface area contributed by atoms with E-state index in [0.717, 1.165) is 22.5 Å². The third kappa shape index (κ3) is 5.25. The molecule has 12 heteroatoms. The van der Waals surface area contributed by atoms with Crippen molar-refractivity contribution in [1.29, 1.82) is 0 Å². The number of anilines is 1. The van der Waals surface area contributed by atoms with Crippen molar-refractivity contribution in [2.45, 2.75) is 37.4 Å². The monoisotopic (exact) mass is 534 g/mol. The summed E-state index contributed by atoms with van der Waals surface area (Å²) in [4.78, 5) is 64.6. The summed E-state index contributed by atoms with van der Waals surface area (Å²) in [6, 6.07) is 18.5. The van der Waals surface area contributed by atoms with Crippen molar-refractivity contribution in [3.8, 4) is 0 Å². The van der Waals surface area contributed by atoms with Crippen LogP contribution in [0.15, 0.2) is 71.2 Å². The Labute approximate surface area is 220 Å². The highest BCUT2D eigenvalue weighted by Crippen LogP contribution is 2.43. The lowest BCUT2D eigenvalue weighted by Gasteiger charge is -2.22. The fraction of sp³-hybridized carbons (Fsp3) is 0.231. The van der Waals surface area contributed by atoms with Crippen LogP contribution in [0.4, 0.5) is 5.13 Å². The minimum absolute atomic E-state index is 0.00668. The minimum atomic E-state index is -1.42. The van der Waals surface area contributed by atoms with Crippen molar-refractivity contribution in [2.75, 3.05) is 5.73 Å². The molecule has 0 radical (unpaired) electrons. The van der Waals surface area contributed by atoms with Gasteiger partial charge in [-0.05, 0) is 11.1 Å². The number of hydrogen-bond donors (Lipinski definition) is 1. The Hall–Kier alpha value is -4.58. The number of amides is 2. The topological polar surface area (TPSA) is 150 Å². The number of benzene rings is 2. The Morgan fingerprint density at radius 2 is 1.55 bits per heavy atom. The third-order valence-electron chi connectivity index (χ3n) is 5.96. The molecular formula is C26H22N4O7S. The zero-order valence-electron chi connectivity index (χ0n) is 19.9. The molecule has 194 valence electrons. The Kier molecular flexibility index (Phi) is 6.88. The highest BCUT2D eigenvalue weighted by atomic mass is 32.1. The molecule has 2 fully saturated rings. The fourth-order valence-electron chi connectivity index (χ4n) is 3.75. The van der Waals surface area contributed by atoms with Crippen LogP contribution < -0.4 is 5.73 Å². The Balaban J connectivity index is 1.37. The van der Waals surface area contributed by atoms with E-state index in [0.29, 0.717) is 17.9 Å². The van der Waals surface area contributed by atoms with Crippen LogP contribution in [0, 0.1) is 0 Å². The molecule has 1 saturated heterocycles. The molecule has 2 amide bonds. The quantitative estimate of drug-likeness (QED) is 0.189. The van der Waals surface area contributed by atoms with Gasteiger partial charge in [0.25, 0.3) is 11.8 Å². The zero-order valence-corrected chi connectivity index (χ0v) is 20.8. The average Bonchev–Trinajstić information content (AvgIpc) is 3.51. The summed E-state index contributed by atoms with van der Waals surface area (Å²) in [5, 5.41) is 5.85. The largest absolute Gasteiger partial charge is 0.450 e. The van der Waals surface area contributed by atoms with Crippen LogP contribution in [0.5, 0.6) is 0 Å². The van der Waals surface area contributed by atoms with E-state index in [1.165, 1.54) is 5.38 Å². The van der Waals surface area contributed by atoms with Crippen LogP contribution in [0.2, 0.25) is 0 Å². The normalized spacial score (nSPS) is 16.4. The smallest absolute Gasteiger partial charge is 0.387 e. The number of oxime groups is 1. The molecule has 3 aromatic rings. The molecule has 0 spiro atoms. The molecule has 5 rings (SSSR count). The second-order valence-electron chi connectivity index (χ2n) is 8.66. The molecule has 2 heterocycles. The Morgan fingerprint density at radius 1 is 0.974 bits per heavy atom. The number of hydrogen-bond acceptors (Lipinski definition) is 11. The first-order chi connectivity index (χ1) is 18.4. The summed E-state index contributed by atoms with van der Waals surface area (Å²) in [7, 11) is 0. The molecular weight excluding hydrogens is 512 g/mol. The van der Waals surface area contributed by atoms with Crippen LogP contribution in [0.3, 0.4) is 0 Å². The molecule has 1 aliphatic carbocycles. The van der Waals surface area contributed by atoms with Gasteiger partial charge in [0.2, 0.25) is 11.3 Å². The van der Waals surface area contributed by atoms with Crippen LogP contribution in [0.1, 0.15) is 48.6 Å². The maximum absolute atomic E-state index is 13.3. The molecule has 0 unspecified atom stereocenters. The molecule has 0 atom stereocenters. The molecule has 1 aliphatic heterocycles. The highest BCUT2D eigenvalue weighted by Gasteiger charge is 2.56. The van der Waals surface area contributed by atoms with Crippen molar-refractivity contribution in [1.82, 2.24) is 10.0 Å². The van der Waals surface area contributed by atoms with E-state index in [1.807, 2.05) is 60.7 Å². The van der Waals surface area contributed by atoms with E-state index in [9.17, 15) is 19.2 Å². The summed E-state index contributed by atoms with van der Waals surface area (Å²) in [6.07, 6.45) is -0.230. The number of nitrogen functional groups attached to an aromatic ring is 1. The number of esters is 1.